The Kier molecular flexibility index (Phi) is 4.37. The van der Waals surface area contributed by atoms with E-state index in [0.717, 1.165) is 25.2 Å². The molecule has 1 aliphatic heterocycles. The van der Waals surface area contributed by atoms with Crippen molar-refractivity contribution in [2.45, 2.75) is 6.42 Å². The second-order valence-electron chi connectivity index (χ2n) is 5.71. The first-order valence-electron chi connectivity index (χ1n) is 7.76. The fourth-order valence-corrected chi connectivity index (χ4v) is 2.92. The minimum atomic E-state index is -0.161. The van der Waals surface area contributed by atoms with Crippen LogP contribution in [0.4, 0.5) is 5.69 Å². The molecule has 5 nitrogen and oxygen atoms in total. The van der Waals surface area contributed by atoms with Crippen LogP contribution in [0.15, 0.2) is 48.5 Å². The highest BCUT2D eigenvalue weighted by Gasteiger charge is 2.21. The minimum absolute atomic E-state index is 0.103. The number of phenolic OH excluding ortho intramolecular Hbond substituents is 2. The van der Waals surface area contributed by atoms with Crippen LogP contribution in [0, 0.1) is 0 Å². The van der Waals surface area contributed by atoms with Gasteiger partial charge in [0.2, 0.25) is 0 Å². The standard InChI is InChI=1S/C18H20N2O3/c21-16-11-14(12-17(22)13-16)18(23)20-8-4-7-19(9-10-20)15-5-2-1-3-6-15/h1-3,5-6,11-13,21-22H,4,7-10H2. The highest BCUT2D eigenvalue weighted by Crippen LogP contribution is 2.22. The first-order valence-corrected chi connectivity index (χ1v) is 7.76. The number of para-hydroxylation sites is 1. The Labute approximate surface area is 135 Å². The third kappa shape index (κ3) is 3.56. The first-order chi connectivity index (χ1) is 11.1. The lowest BCUT2D eigenvalue weighted by Crippen LogP contribution is -2.35. The zero-order valence-electron chi connectivity index (χ0n) is 12.9. The van der Waals surface area contributed by atoms with E-state index in [1.165, 1.54) is 18.2 Å². The molecule has 1 aliphatic rings. The van der Waals surface area contributed by atoms with Crippen LogP contribution in [0.3, 0.4) is 0 Å². The summed E-state index contributed by atoms with van der Waals surface area (Å²) in [5.74, 6) is -0.366. The maximum Gasteiger partial charge on any atom is 0.254 e. The summed E-state index contributed by atoms with van der Waals surface area (Å²) >= 11 is 0. The van der Waals surface area contributed by atoms with E-state index in [4.69, 9.17) is 0 Å². The summed E-state index contributed by atoms with van der Waals surface area (Å²) in [6.07, 6.45) is 0.880. The van der Waals surface area contributed by atoms with Crippen molar-refractivity contribution in [3.05, 3.63) is 54.1 Å². The quantitative estimate of drug-likeness (QED) is 0.894. The van der Waals surface area contributed by atoms with Gasteiger partial charge in [-0.05, 0) is 30.7 Å². The van der Waals surface area contributed by atoms with E-state index in [-0.39, 0.29) is 17.4 Å². The van der Waals surface area contributed by atoms with Crippen LogP contribution >= 0.6 is 0 Å². The molecule has 1 fully saturated rings. The van der Waals surface area contributed by atoms with E-state index in [2.05, 4.69) is 17.0 Å². The molecule has 3 rings (SSSR count). The molecule has 120 valence electrons. The SMILES string of the molecule is O=C(c1cc(O)cc(O)c1)N1CCCN(c2ccccc2)CC1. The van der Waals surface area contributed by atoms with Crippen LogP contribution in [0.1, 0.15) is 16.8 Å². The molecule has 1 saturated heterocycles. The van der Waals surface area contributed by atoms with Gasteiger partial charge in [-0.25, -0.2) is 0 Å². The predicted molar refractivity (Wildman–Crippen MR) is 88.9 cm³/mol. The van der Waals surface area contributed by atoms with Crippen molar-refractivity contribution in [3.63, 3.8) is 0 Å². The molecule has 1 heterocycles. The number of benzene rings is 2. The Balaban J connectivity index is 1.71. The number of nitrogens with zero attached hydrogens (tertiary/aromatic N) is 2. The van der Waals surface area contributed by atoms with Crippen molar-refractivity contribution in [2.75, 3.05) is 31.1 Å². The third-order valence-corrected chi connectivity index (χ3v) is 4.05. The molecule has 5 heteroatoms. The van der Waals surface area contributed by atoms with Crippen LogP contribution in [0.5, 0.6) is 11.5 Å². The summed E-state index contributed by atoms with van der Waals surface area (Å²) in [5, 5.41) is 19.1. The summed E-state index contributed by atoms with van der Waals surface area (Å²) in [7, 11) is 0. The molecule has 0 saturated carbocycles. The van der Waals surface area contributed by atoms with E-state index in [0.29, 0.717) is 18.7 Å². The fraction of sp³-hybridized carbons (Fsp3) is 0.278. The maximum absolute atomic E-state index is 12.6. The van der Waals surface area contributed by atoms with Crippen molar-refractivity contribution in [1.29, 1.82) is 0 Å². The number of carbonyl (C=O) groups is 1. The van der Waals surface area contributed by atoms with Crippen molar-refractivity contribution in [1.82, 2.24) is 4.90 Å². The normalized spacial score (nSPS) is 15.3. The van der Waals surface area contributed by atoms with E-state index >= 15 is 0 Å². The number of hydrogen-bond donors (Lipinski definition) is 2. The molecule has 2 aromatic carbocycles. The van der Waals surface area contributed by atoms with Crippen molar-refractivity contribution >= 4 is 11.6 Å². The molecule has 23 heavy (non-hydrogen) atoms. The van der Waals surface area contributed by atoms with Crippen LogP contribution in [0.25, 0.3) is 0 Å². The van der Waals surface area contributed by atoms with E-state index < -0.39 is 0 Å². The molecule has 0 aromatic heterocycles. The molecule has 0 unspecified atom stereocenters. The van der Waals surface area contributed by atoms with Gasteiger partial charge in [0.25, 0.3) is 5.91 Å². The first kappa shape index (κ1) is 15.2. The summed E-state index contributed by atoms with van der Waals surface area (Å²) in [4.78, 5) is 16.6. The van der Waals surface area contributed by atoms with E-state index in [1.54, 1.807) is 4.90 Å². The number of hydrogen-bond acceptors (Lipinski definition) is 4. The molecule has 0 atom stereocenters. The number of phenols is 2. The van der Waals surface area contributed by atoms with Gasteiger partial charge in [-0.3, -0.25) is 4.79 Å². The molecule has 2 N–H and O–H groups in total. The van der Waals surface area contributed by atoms with E-state index in [1.807, 2.05) is 18.2 Å². The number of amides is 1. The largest absolute Gasteiger partial charge is 0.508 e. The van der Waals surface area contributed by atoms with Gasteiger partial charge in [0.15, 0.2) is 0 Å². The Bertz CT molecular complexity index is 668. The van der Waals surface area contributed by atoms with Crippen molar-refractivity contribution in [3.8, 4) is 11.5 Å². The van der Waals surface area contributed by atoms with Gasteiger partial charge in [-0.1, -0.05) is 18.2 Å². The third-order valence-electron chi connectivity index (χ3n) is 4.05. The number of rotatable bonds is 2. The fourth-order valence-electron chi connectivity index (χ4n) is 2.92. The highest BCUT2D eigenvalue weighted by atomic mass is 16.3. The topological polar surface area (TPSA) is 64.0 Å². The summed E-state index contributed by atoms with van der Waals surface area (Å²) < 4.78 is 0. The maximum atomic E-state index is 12.6. The molecular weight excluding hydrogens is 292 g/mol. The number of aromatic hydroxyl groups is 2. The van der Waals surface area contributed by atoms with Gasteiger partial charge in [-0.15, -0.1) is 0 Å². The average molecular weight is 312 g/mol. The average Bonchev–Trinajstić information content (AvgIpc) is 2.80. The molecular formula is C18H20N2O3. The monoisotopic (exact) mass is 312 g/mol. The zero-order chi connectivity index (χ0) is 16.2. The summed E-state index contributed by atoms with van der Waals surface area (Å²) in [6.45, 7) is 2.95. The van der Waals surface area contributed by atoms with Gasteiger partial charge in [-0.2, -0.15) is 0 Å². The Morgan fingerprint density at radius 1 is 0.870 bits per heavy atom. The number of carbonyl (C=O) groups excluding carboxylic acids is 1. The molecule has 2 aromatic rings. The highest BCUT2D eigenvalue weighted by molar-refractivity contribution is 5.95. The molecule has 0 spiro atoms. The lowest BCUT2D eigenvalue weighted by Gasteiger charge is -2.23. The Morgan fingerprint density at radius 2 is 1.57 bits per heavy atom. The Morgan fingerprint density at radius 3 is 2.26 bits per heavy atom. The van der Waals surface area contributed by atoms with Crippen molar-refractivity contribution in [2.24, 2.45) is 0 Å². The van der Waals surface area contributed by atoms with Gasteiger partial charge >= 0.3 is 0 Å². The summed E-state index contributed by atoms with van der Waals surface area (Å²) in [5.41, 5.74) is 1.48. The van der Waals surface area contributed by atoms with Crippen LogP contribution in [-0.2, 0) is 0 Å². The Hall–Kier alpha value is -2.69. The van der Waals surface area contributed by atoms with Crippen molar-refractivity contribution < 1.29 is 15.0 Å². The predicted octanol–water partition coefficient (Wildman–Crippen LogP) is 2.45. The van der Waals surface area contributed by atoms with E-state index in [9.17, 15) is 15.0 Å². The molecule has 0 bridgehead atoms. The van der Waals surface area contributed by atoms with Gasteiger partial charge in [0.1, 0.15) is 11.5 Å². The summed E-state index contributed by atoms with van der Waals surface area (Å²) in [6, 6.07) is 14.2. The molecule has 0 aliphatic carbocycles. The minimum Gasteiger partial charge on any atom is -0.508 e. The van der Waals surface area contributed by atoms with Gasteiger partial charge in [0.05, 0.1) is 0 Å². The zero-order valence-corrected chi connectivity index (χ0v) is 12.9. The lowest BCUT2D eigenvalue weighted by atomic mass is 10.1. The smallest absolute Gasteiger partial charge is 0.254 e. The van der Waals surface area contributed by atoms with Crippen LogP contribution in [0.2, 0.25) is 0 Å². The second-order valence-corrected chi connectivity index (χ2v) is 5.71. The van der Waals surface area contributed by atoms with Gasteiger partial charge < -0.3 is 20.0 Å². The van der Waals surface area contributed by atoms with Gasteiger partial charge in [0, 0.05) is 43.5 Å². The van der Waals surface area contributed by atoms with Crippen LogP contribution < -0.4 is 4.90 Å². The lowest BCUT2D eigenvalue weighted by molar-refractivity contribution is 0.0766. The molecule has 0 radical (unpaired) electrons. The number of anilines is 1. The van der Waals surface area contributed by atoms with Crippen LogP contribution in [-0.4, -0.2) is 47.2 Å². The second kappa shape index (κ2) is 6.60. The molecule has 1 amide bonds.